The van der Waals surface area contributed by atoms with E-state index in [1.807, 2.05) is 0 Å². The van der Waals surface area contributed by atoms with Gasteiger partial charge in [0.15, 0.2) is 27.6 Å². The standard InChI is InChI=1S/C25H23F3N6O5S2/c1-37-17-9-14(10-18(38-2)21(17)39-3)22(36)30-12-19-32-33-24(41-13-20(35)31-23-29-7-8-40-23)34(19)16-6-4-5-15(11-16)25(26,27)28/h4-11H,12-13H2,1-3H3,(H,30,36)(H,29,31,35). The molecule has 4 rings (SSSR count). The number of thiazole rings is 1. The molecule has 2 amide bonds. The van der Waals surface area contributed by atoms with Gasteiger partial charge in [0.1, 0.15) is 0 Å². The molecule has 0 saturated heterocycles. The highest BCUT2D eigenvalue weighted by atomic mass is 32.2. The van der Waals surface area contributed by atoms with E-state index in [0.29, 0.717) is 10.9 Å². The fourth-order valence-electron chi connectivity index (χ4n) is 3.63. The Balaban J connectivity index is 1.60. The van der Waals surface area contributed by atoms with Crippen molar-refractivity contribution >= 4 is 40.0 Å². The number of rotatable bonds is 11. The lowest BCUT2D eigenvalue weighted by Gasteiger charge is -2.15. The lowest BCUT2D eigenvalue weighted by atomic mass is 10.1. The summed E-state index contributed by atoms with van der Waals surface area (Å²) in [7, 11) is 4.25. The van der Waals surface area contributed by atoms with E-state index in [1.54, 1.807) is 5.38 Å². The van der Waals surface area contributed by atoms with Gasteiger partial charge in [0.25, 0.3) is 5.91 Å². The van der Waals surface area contributed by atoms with Crippen LogP contribution in [0.2, 0.25) is 0 Å². The van der Waals surface area contributed by atoms with Crippen molar-refractivity contribution in [2.75, 3.05) is 32.4 Å². The molecule has 2 aromatic heterocycles. The van der Waals surface area contributed by atoms with Crippen molar-refractivity contribution in [2.24, 2.45) is 0 Å². The summed E-state index contributed by atoms with van der Waals surface area (Å²) in [4.78, 5) is 29.4. The fraction of sp³-hybridized carbons (Fsp3) is 0.240. The molecular weight excluding hydrogens is 585 g/mol. The number of carbonyl (C=O) groups is 2. The summed E-state index contributed by atoms with van der Waals surface area (Å²) < 4.78 is 57.6. The molecule has 0 aliphatic heterocycles. The Morgan fingerprint density at radius 3 is 2.39 bits per heavy atom. The average molecular weight is 609 g/mol. The number of anilines is 1. The van der Waals surface area contributed by atoms with Crippen LogP contribution >= 0.6 is 23.1 Å². The molecule has 16 heteroatoms. The van der Waals surface area contributed by atoms with Crippen LogP contribution in [0.1, 0.15) is 21.7 Å². The summed E-state index contributed by atoms with van der Waals surface area (Å²) >= 11 is 2.20. The number of carbonyl (C=O) groups excluding carboxylic acids is 2. The third-order valence-electron chi connectivity index (χ3n) is 5.48. The van der Waals surface area contributed by atoms with Crippen molar-refractivity contribution in [3.63, 3.8) is 0 Å². The summed E-state index contributed by atoms with van der Waals surface area (Å²) in [5.41, 5.74) is -0.601. The Kier molecular flexibility index (Phi) is 9.34. The van der Waals surface area contributed by atoms with E-state index in [-0.39, 0.29) is 51.9 Å². The van der Waals surface area contributed by atoms with Crippen LogP contribution in [0.5, 0.6) is 17.2 Å². The Morgan fingerprint density at radius 2 is 1.78 bits per heavy atom. The minimum absolute atomic E-state index is 0.102. The number of nitrogens with zero attached hydrogens (tertiary/aromatic N) is 4. The normalized spacial score (nSPS) is 11.2. The van der Waals surface area contributed by atoms with Gasteiger partial charge < -0.3 is 24.8 Å². The first-order chi connectivity index (χ1) is 19.6. The van der Waals surface area contributed by atoms with Gasteiger partial charge in [0, 0.05) is 17.1 Å². The van der Waals surface area contributed by atoms with Crippen molar-refractivity contribution in [1.82, 2.24) is 25.1 Å². The Hall–Kier alpha value is -4.31. The number of amides is 2. The summed E-state index contributed by atoms with van der Waals surface area (Å²) in [5, 5.41) is 15.7. The average Bonchev–Trinajstić information content (AvgIpc) is 3.63. The lowest BCUT2D eigenvalue weighted by Crippen LogP contribution is -2.25. The van der Waals surface area contributed by atoms with Crippen LogP contribution in [0.15, 0.2) is 53.1 Å². The van der Waals surface area contributed by atoms with Gasteiger partial charge >= 0.3 is 6.18 Å². The number of alkyl halides is 3. The topological polar surface area (TPSA) is 129 Å². The molecule has 2 aromatic carbocycles. The third kappa shape index (κ3) is 7.07. The molecule has 0 unspecified atom stereocenters. The van der Waals surface area contributed by atoms with E-state index in [2.05, 4.69) is 25.8 Å². The maximum Gasteiger partial charge on any atom is 0.416 e. The molecular formula is C25H23F3N6O5S2. The molecule has 0 bridgehead atoms. The van der Waals surface area contributed by atoms with Crippen LogP contribution < -0.4 is 24.8 Å². The van der Waals surface area contributed by atoms with Crippen LogP contribution in [0.3, 0.4) is 0 Å². The zero-order chi connectivity index (χ0) is 29.6. The second-order valence-electron chi connectivity index (χ2n) is 8.05. The zero-order valence-electron chi connectivity index (χ0n) is 21.8. The molecule has 41 heavy (non-hydrogen) atoms. The van der Waals surface area contributed by atoms with Gasteiger partial charge in [-0.15, -0.1) is 21.5 Å². The molecule has 216 valence electrons. The van der Waals surface area contributed by atoms with E-state index in [0.717, 1.165) is 23.9 Å². The van der Waals surface area contributed by atoms with Gasteiger partial charge in [0.05, 0.1) is 44.9 Å². The molecule has 0 atom stereocenters. The van der Waals surface area contributed by atoms with Crippen LogP contribution in [-0.4, -0.2) is 58.6 Å². The monoisotopic (exact) mass is 608 g/mol. The molecule has 0 fully saturated rings. The van der Waals surface area contributed by atoms with Crippen LogP contribution in [-0.2, 0) is 17.5 Å². The number of methoxy groups -OCH3 is 3. The molecule has 0 saturated carbocycles. The minimum Gasteiger partial charge on any atom is -0.493 e. The number of aromatic nitrogens is 4. The highest BCUT2D eigenvalue weighted by molar-refractivity contribution is 7.99. The number of thioether (sulfide) groups is 1. The van der Waals surface area contributed by atoms with Gasteiger partial charge in [-0.3, -0.25) is 14.2 Å². The molecule has 0 aliphatic carbocycles. The van der Waals surface area contributed by atoms with E-state index in [4.69, 9.17) is 14.2 Å². The highest BCUT2D eigenvalue weighted by Gasteiger charge is 2.31. The van der Waals surface area contributed by atoms with Crippen LogP contribution in [0.25, 0.3) is 5.69 Å². The predicted octanol–water partition coefficient (Wildman–Crippen LogP) is 4.43. The first-order valence-corrected chi connectivity index (χ1v) is 13.5. The van der Waals surface area contributed by atoms with Gasteiger partial charge in [-0.25, -0.2) is 4.98 Å². The second kappa shape index (κ2) is 12.9. The lowest BCUT2D eigenvalue weighted by molar-refractivity contribution is -0.137. The smallest absolute Gasteiger partial charge is 0.416 e. The Bertz CT molecular complexity index is 1500. The molecule has 11 nitrogen and oxygen atoms in total. The van der Waals surface area contributed by atoms with E-state index in [9.17, 15) is 22.8 Å². The SMILES string of the molecule is COc1cc(C(=O)NCc2nnc(SCC(=O)Nc3nccs3)n2-c2cccc(C(F)(F)F)c2)cc(OC)c1OC. The van der Waals surface area contributed by atoms with Crippen molar-refractivity contribution in [3.05, 3.63) is 64.9 Å². The number of nitrogens with one attached hydrogen (secondary N) is 2. The largest absolute Gasteiger partial charge is 0.493 e. The number of halogens is 3. The predicted molar refractivity (Wildman–Crippen MR) is 145 cm³/mol. The number of hydrogen-bond acceptors (Lipinski definition) is 10. The fourth-order valence-corrected chi connectivity index (χ4v) is 4.95. The molecule has 0 aliphatic rings. The summed E-state index contributed by atoms with van der Waals surface area (Å²) in [5.74, 6) is -0.0863. The van der Waals surface area contributed by atoms with Crippen molar-refractivity contribution in [3.8, 4) is 22.9 Å². The first-order valence-electron chi connectivity index (χ1n) is 11.7. The van der Waals surface area contributed by atoms with Crippen molar-refractivity contribution in [1.29, 1.82) is 0 Å². The highest BCUT2D eigenvalue weighted by Crippen LogP contribution is 2.38. The van der Waals surface area contributed by atoms with E-state index >= 15 is 0 Å². The summed E-state index contributed by atoms with van der Waals surface area (Å²) in [6.45, 7) is -0.204. The number of ether oxygens (including phenoxy) is 3. The summed E-state index contributed by atoms with van der Waals surface area (Å²) in [6, 6.07) is 7.48. The van der Waals surface area contributed by atoms with Crippen LogP contribution in [0, 0.1) is 0 Å². The van der Waals surface area contributed by atoms with Crippen LogP contribution in [0.4, 0.5) is 18.3 Å². The maximum atomic E-state index is 13.5. The Morgan fingerprint density at radius 1 is 1.05 bits per heavy atom. The second-order valence-corrected chi connectivity index (χ2v) is 9.89. The molecule has 2 N–H and O–H groups in total. The number of benzene rings is 2. The van der Waals surface area contributed by atoms with Gasteiger partial charge in [-0.05, 0) is 30.3 Å². The van der Waals surface area contributed by atoms with Crippen molar-refractivity contribution in [2.45, 2.75) is 17.9 Å². The van der Waals surface area contributed by atoms with Gasteiger partial charge in [0.2, 0.25) is 11.7 Å². The maximum absolute atomic E-state index is 13.5. The molecule has 0 radical (unpaired) electrons. The molecule has 4 aromatic rings. The van der Waals surface area contributed by atoms with E-state index < -0.39 is 17.6 Å². The zero-order valence-corrected chi connectivity index (χ0v) is 23.4. The molecule has 2 heterocycles. The van der Waals surface area contributed by atoms with E-state index in [1.165, 1.54) is 67.7 Å². The Labute approximate surface area is 240 Å². The van der Waals surface area contributed by atoms with Gasteiger partial charge in [-0.1, -0.05) is 17.8 Å². The minimum atomic E-state index is -4.59. The summed E-state index contributed by atoms with van der Waals surface area (Å²) in [6.07, 6.45) is -3.05. The first kappa shape index (κ1) is 29.7. The third-order valence-corrected chi connectivity index (χ3v) is 7.09. The quantitative estimate of drug-likeness (QED) is 0.238. The van der Waals surface area contributed by atoms with Crippen molar-refractivity contribution < 1.29 is 37.0 Å². The van der Waals surface area contributed by atoms with Gasteiger partial charge in [-0.2, -0.15) is 13.2 Å². The molecule has 0 spiro atoms. The number of hydrogen-bond donors (Lipinski definition) is 2.